The molecule has 1 aliphatic rings. The molecule has 1 fully saturated rings. The quantitative estimate of drug-likeness (QED) is 0.895. The van der Waals surface area contributed by atoms with Gasteiger partial charge in [0.15, 0.2) is 0 Å². The van der Waals surface area contributed by atoms with E-state index in [2.05, 4.69) is 46.8 Å². The lowest BCUT2D eigenvalue weighted by Crippen LogP contribution is -2.57. The Morgan fingerprint density at radius 1 is 1.26 bits per heavy atom. The summed E-state index contributed by atoms with van der Waals surface area (Å²) in [7, 11) is 0. The van der Waals surface area contributed by atoms with Gasteiger partial charge in [0.05, 0.1) is 6.10 Å². The smallest absolute Gasteiger partial charge is 0.119 e. The van der Waals surface area contributed by atoms with Gasteiger partial charge in [-0.15, -0.1) is 0 Å². The Bertz CT molecular complexity index is 430. The molecule has 0 bridgehead atoms. The van der Waals surface area contributed by atoms with Gasteiger partial charge in [0, 0.05) is 11.8 Å². The fourth-order valence-corrected chi connectivity index (χ4v) is 2.64. The molecule has 0 heterocycles. The Kier molecular flexibility index (Phi) is 3.65. The molecule has 0 amide bonds. The van der Waals surface area contributed by atoms with E-state index in [9.17, 15) is 5.11 Å². The van der Waals surface area contributed by atoms with E-state index in [1.165, 1.54) is 5.56 Å². The van der Waals surface area contributed by atoms with Gasteiger partial charge in [-0.05, 0) is 29.5 Å². The Balaban J connectivity index is 2.05. The maximum atomic E-state index is 9.89. The van der Waals surface area contributed by atoms with Crippen molar-refractivity contribution >= 4 is 0 Å². The van der Waals surface area contributed by atoms with Crippen molar-refractivity contribution in [2.24, 2.45) is 5.41 Å². The second-order valence-electron chi connectivity index (χ2n) is 6.99. The number of hydrogen-bond acceptors (Lipinski definition) is 2. The van der Waals surface area contributed by atoms with E-state index in [1.807, 2.05) is 12.1 Å². The average Bonchev–Trinajstić information content (AvgIpc) is 2.37. The van der Waals surface area contributed by atoms with Crippen LogP contribution >= 0.6 is 0 Å². The number of rotatable bonds is 3. The first-order chi connectivity index (χ1) is 8.77. The van der Waals surface area contributed by atoms with Crippen LogP contribution in [0.5, 0.6) is 5.75 Å². The van der Waals surface area contributed by atoms with Crippen LogP contribution in [-0.4, -0.2) is 17.3 Å². The fourth-order valence-electron chi connectivity index (χ4n) is 2.64. The van der Waals surface area contributed by atoms with E-state index in [0.717, 1.165) is 18.6 Å². The minimum absolute atomic E-state index is 0.0945. The van der Waals surface area contributed by atoms with Crippen molar-refractivity contribution in [3.05, 3.63) is 29.8 Å². The zero-order chi connectivity index (χ0) is 14.3. The first kappa shape index (κ1) is 14.4. The SMILES string of the molecule is CCC1(C)C(O)CC1Oc1ccc(C(C)(C)C)cc1. The normalized spacial score (nSPS) is 30.8. The van der Waals surface area contributed by atoms with Crippen molar-refractivity contribution < 1.29 is 9.84 Å². The lowest BCUT2D eigenvalue weighted by molar-refractivity contribution is -0.147. The highest BCUT2D eigenvalue weighted by molar-refractivity contribution is 5.31. The van der Waals surface area contributed by atoms with Crippen molar-refractivity contribution in [1.82, 2.24) is 0 Å². The molecule has 0 aromatic heterocycles. The highest BCUT2D eigenvalue weighted by atomic mass is 16.5. The number of aliphatic hydroxyl groups excluding tert-OH is 1. The Labute approximate surface area is 116 Å². The molecular formula is C17H26O2. The highest BCUT2D eigenvalue weighted by Gasteiger charge is 2.51. The van der Waals surface area contributed by atoms with Crippen LogP contribution in [0, 0.1) is 5.41 Å². The van der Waals surface area contributed by atoms with E-state index in [1.54, 1.807) is 0 Å². The van der Waals surface area contributed by atoms with Crippen molar-refractivity contribution in [3.63, 3.8) is 0 Å². The van der Waals surface area contributed by atoms with Crippen LogP contribution in [0.4, 0.5) is 0 Å². The van der Waals surface area contributed by atoms with Gasteiger partial charge in [-0.25, -0.2) is 0 Å². The summed E-state index contributed by atoms with van der Waals surface area (Å²) < 4.78 is 6.03. The van der Waals surface area contributed by atoms with Crippen LogP contribution in [0.1, 0.15) is 53.0 Å². The predicted octanol–water partition coefficient (Wildman–Crippen LogP) is 3.91. The number of aliphatic hydroxyl groups is 1. The van der Waals surface area contributed by atoms with Gasteiger partial charge in [-0.1, -0.05) is 46.8 Å². The molecule has 1 aliphatic carbocycles. The highest BCUT2D eigenvalue weighted by Crippen LogP contribution is 2.46. The number of hydrogen-bond donors (Lipinski definition) is 1. The van der Waals surface area contributed by atoms with E-state index in [0.29, 0.717) is 0 Å². The fraction of sp³-hybridized carbons (Fsp3) is 0.647. The predicted molar refractivity (Wildman–Crippen MR) is 78.6 cm³/mol. The van der Waals surface area contributed by atoms with Gasteiger partial charge in [0.1, 0.15) is 11.9 Å². The molecule has 1 aromatic carbocycles. The van der Waals surface area contributed by atoms with Crippen molar-refractivity contribution in [1.29, 1.82) is 0 Å². The summed E-state index contributed by atoms with van der Waals surface area (Å²) in [6.45, 7) is 10.8. The van der Waals surface area contributed by atoms with Crippen LogP contribution in [0.3, 0.4) is 0 Å². The summed E-state index contributed by atoms with van der Waals surface area (Å²) in [4.78, 5) is 0. The molecule has 106 valence electrons. The molecule has 0 radical (unpaired) electrons. The molecule has 0 spiro atoms. The van der Waals surface area contributed by atoms with Crippen molar-refractivity contribution in [2.45, 2.75) is 65.1 Å². The van der Waals surface area contributed by atoms with Gasteiger partial charge in [0.2, 0.25) is 0 Å². The third kappa shape index (κ3) is 2.64. The molecular weight excluding hydrogens is 236 g/mol. The number of ether oxygens (including phenoxy) is 1. The minimum Gasteiger partial charge on any atom is -0.490 e. The molecule has 2 nitrogen and oxygen atoms in total. The lowest BCUT2D eigenvalue weighted by atomic mass is 9.63. The third-order valence-electron chi connectivity index (χ3n) is 4.69. The molecule has 2 heteroatoms. The third-order valence-corrected chi connectivity index (χ3v) is 4.69. The zero-order valence-corrected chi connectivity index (χ0v) is 12.7. The first-order valence-electron chi connectivity index (χ1n) is 7.22. The Morgan fingerprint density at radius 3 is 2.26 bits per heavy atom. The summed E-state index contributed by atoms with van der Waals surface area (Å²) in [5, 5.41) is 9.89. The molecule has 3 unspecified atom stereocenters. The second-order valence-corrected chi connectivity index (χ2v) is 6.99. The lowest BCUT2D eigenvalue weighted by Gasteiger charge is -2.50. The Hall–Kier alpha value is -1.02. The second kappa shape index (κ2) is 4.82. The summed E-state index contributed by atoms with van der Waals surface area (Å²) in [6.07, 6.45) is 1.59. The maximum Gasteiger partial charge on any atom is 0.119 e. The molecule has 1 aromatic rings. The van der Waals surface area contributed by atoms with Crippen LogP contribution in [-0.2, 0) is 5.41 Å². The number of benzene rings is 1. The topological polar surface area (TPSA) is 29.5 Å². The van der Waals surface area contributed by atoms with E-state index in [-0.39, 0.29) is 23.0 Å². The molecule has 3 atom stereocenters. The molecule has 1 N–H and O–H groups in total. The maximum absolute atomic E-state index is 9.89. The van der Waals surface area contributed by atoms with Gasteiger partial charge < -0.3 is 9.84 Å². The molecule has 19 heavy (non-hydrogen) atoms. The van der Waals surface area contributed by atoms with E-state index >= 15 is 0 Å². The van der Waals surface area contributed by atoms with Crippen LogP contribution in [0.15, 0.2) is 24.3 Å². The molecule has 2 rings (SSSR count). The van der Waals surface area contributed by atoms with Gasteiger partial charge >= 0.3 is 0 Å². The summed E-state index contributed by atoms with van der Waals surface area (Å²) in [6, 6.07) is 8.35. The summed E-state index contributed by atoms with van der Waals surface area (Å²) >= 11 is 0. The van der Waals surface area contributed by atoms with Crippen molar-refractivity contribution in [3.8, 4) is 5.75 Å². The molecule has 0 aliphatic heterocycles. The van der Waals surface area contributed by atoms with E-state index in [4.69, 9.17) is 4.74 Å². The average molecular weight is 262 g/mol. The van der Waals surface area contributed by atoms with Gasteiger partial charge in [-0.3, -0.25) is 0 Å². The standard InChI is InChI=1S/C17H26O2/c1-6-17(5)14(18)11-15(17)19-13-9-7-12(8-10-13)16(2,3)4/h7-10,14-15,18H,6,11H2,1-5H3. The van der Waals surface area contributed by atoms with Crippen LogP contribution < -0.4 is 4.74 Å². The van der Waals surface area contributed by atoms with Crippen LogP contribution in [0.25, 0.3) is 0 Å². The molecule has 1 saturated carbocycles. The molecule has 0 saturated heterocycles. The van der Waals surface area contributed by atoms with Gasteiger partial charge in [0.25, 0.3) is 0 Å². The van der Waals surface area contributed by atoms with Gasteiger partial charge in [-0.2, -0.15) is 0 Å². The summed E-state index contributed by atoms with van der Waals surface area (Å²) in [5.41, 5.74) is 1.39. The first-order valence-corrected chi connectivity index (χ1v) is 7.22. The van der Waals surface area contributed by atoms with Crippen LogP contribution in [0.2, 0.25) is 0 Å². The zero-order valence-electron chi connectivity index (χ0n) is 12.7. The largest absolute Gasteiger partial charge is 0.490 e. The summed E-state index contributed by atoms with van der Waals surface area (Å²) in [5.74, 6) is 0.907. The minimum atomic E-state index is -0.226. The van der Waals surface area contributed by atoms with E-state index < -0.39 is 0 Å². The monoisotopic (exact) mass is 262 g/mol. The van der Waals surface area contributed by atoms with Crippen molar-refractivity contribution in [2.75, 3.05) is 0 Å². The Morgan fingerprint density at radius 2 is 1.84 bits per heavy atom.